The molecular formula is C17H16ClN3O3. The summed E-state index contributed by atoms with van der Waals surface area (Å²) in [5.74, 6) is 0.796. The summed E-state index contributed by atoms with van der Waals surface area (Å²) in [4.78, 5) is 11.4. The van der Waals surface area contributed by atoms with Gasteiger partial charge in [-0.2, -0.15) is 5.10 Å². The third-order valence-electron chi connectivity index (χ3n) is 3.36. The van der Waals surface area contributed by atoms with E-state index in [4.69, 9.17) is 20.8 Å². The predicted octanol–water partition coefficient (Wildman–Crippen LogP) is 3.35. The van der Waals surface area contributed by atoms with Crippen LogP contribution in [-0.4, -0.2) is 10.2 Å². The molecule has 2 N–H and O–H groups in total. The Morgan fingerprint density at radius 2 is 2.08 bits per heavy atom. The summed E-state index contributed by atoms with van der Waals surface area (Å²) < 4.78 is 10.8. The minimum absolute atomic E-state index is 0.0999. The third-order valence-corrected chi connectivity index (χ3v) is 3.74. The van der Waals surface area contributed by atoms with Crippen molar-refractivity contribution in [2.75, 3.05) is 5.32 Å². The monoisotopic (exact) mass is 345 g/mol. The van der Waals surface area contributed by atoms with E-state index in [0.717, 1.165) is 16.9 Å². The van der Waals surface area contributed by atoms with Gasteiger partial charge in [-0.3, -0.25) is 4.79 Å². The number of anilines is 1. The Bertz CT molecular complexity index is 846. The summed E-state index contributed by atoms with van der Waals surface area (Å²) in [5, 5.41) is 9.21. The highest BCUT2D eigenvalue weighted by Gasteiger charge is 2.05. The van der Waals surface area contributed by atoms with Gasteiger partial charge in [0.2, 0.25) is 0 Å². The molecule has 0 aliphatic rings. The van der Waals surface area contributed by atoms with Crippen molar-refractivity contribution in [3.63, 3.8) is 0 Å². The van der Waals surface area contributed by atoms with E-state index in [1.807, 2.05) is 36.4 Å². The smallest absolute Gasteiger partial charge is 0.285 e. The van der Waals surface area contributed by atoms with Crippen molar-refractivity contribution in [3.8, 4) is 0 Å². The summed E-state index contributed by atoms with van der Waals surface area (Å²) in [6.45, 7) is 1.45. The first-order valence-corrected chi connectivity index (χ1v) is 7.75. The highest BCUT2D eigenvalue weighted by atomic mass is 35.5. The van der Waals surface area contributed by atoms with Crippen LogP contribution in [0.4, 0.5) is 5.69 Å². The highest BCUT2D eigenvalue weighted by Crippen LogP contribution is 2.16. The second-order valence-electron chi connectivity index (χ2n) is 5.17. The van der Waals surface area contributed by atoms with Crippen molar-refractivity contribution in [2.45, 2.75) is 19.8 Å². The minimum atomic E-state index is -0.415. The van der Waals surface area contributed by atoms with Gasteiger partial charge in [-0.15, -0.1) is 0 Å². The van der Waals surface area contributed by atoms with Crippen LogP contribution >= 0.6 is 11.6 Å². The number of halogens is 1. The topological polar surface area (TPSA) is 80.2 Å². The molecule has 0 bridgehead atoms. The van der Waals surface area contributed by atoms with E-state index in [9.17, 15) is 4.79 Å². The number of hydrogen-bond donors (Lipinski definition) is 2. The molecule has 3 aromatic rings. The minimum Gasteiger partial charge on any atom is -0.467 e. The summed E-state index contributed by atoms with van der Waals surface area (Å²) in [7, 11) is 0. The Kier molecular flexibility index (Phi) is 5.30. The molecule has 0 saturated heterocycles. The van der Waals surface area contributed by atoms with Gasteiger partial charge in [-0.25, -0.2) is 5.10 Å². The molecule has 0 aliphatic heterocycles. The van der Waals surface area contributed by atoms with Gasteiger partial charge in [0, 0.05) is 6.54 Å². The maximum Gasteiger partial charge on any atom is 0.285 e. The van der Waals surface area contributed by atoms with Crippen molar-refractivity contribution >= 4 is 17.3 Å². The largest absolute Gasteiger partial charge is 0.467 e. The fourth-order valence-electron chi connectivity index (χ4n) is 2.20. The quantitative estimate of drug-likeness (QED) is 0.686. The normalized spacial score (nSPS) is 10.7. The number of ether oxygens (including phenoxy) is 1. The molecule has 0 spiro atoms. The Hall–Kier alpha value is -2.57. The van der Waals surface area contributed by atoms with Gasteiger partial charge in [0.15, 0.2) is 0 Å². The van der Waals surface area contributed by atoms with Crippen LogP contribution in [0.3, 0.4) is 0 Å². The number of aromatic nitrogens is 2. The molecule has 2 heterocycles. The van der Waals surface area contributed by atoms with Crippen molar-refractivity contribution in [1.82, 2.24) is 10.2 Å². The van der Waals surface area contributed by atoms with Crippen LogP contribution in [0.5, 0.6) is 0 Å². The standard InChI is InChI=1S/C17H16ClN3O3/c18-16-15(9-20-21-17(16)22)19-8-12-3-1-4-13(7-12)10-23-11-14-5-2-6-24-14/h1-7,9H,8,10-11H2,(H2,19,21,22). The average Bonchev–Trinajstić information content (AvgIpc) is 3.10. The average molecular weight is 346 g/mol. The molecular weight excluding hydrogens is 330 g/mol. The summed E-state index contributed by atoms with van der Waals surface area (Å²) >= 11 is 5.93. The number of furan rings is 1. The lowest BCUT2D eigenvalue weighted by Gasteiger charge is -2.09. The van der Waals surface area contributed by atoms with Crippen molar-refractivity contribution in [3.05, 3.63) is 81.1 Å². The van der Waals surface area contributed by atoms with E-state index in [0.29, 0.717) is 25.4 Å². The molecule has 2 aromatic heterocycles. The maximum absolute atomic E-state index is 11.4. The number of benzene rings is 1. The van der Waals surface area contributed by atoms with Crippen molar-refractivity contribution in [2.24, 2.45) is 0 Å². The van der Waals surface area contributed by atoms with Crippen LogP contribution in [0.25, 0.3) is 0 Å². The molecule has 6 nitrogen and oxygen atoms in total. The molecule has 0 atom stereocenters. The zero-order valence-corrected chi connectivity index (χ0v) is 13.5. The molecule has 3 rings (SSSR count). The molecule has 0 saturated carbocycles. The third kappa shape index (κ3) is 4.24. The van der Waals surface area contributed by atoms with Crippen molar-refractivity contribution in [1.29, 1.82) is 0 Å². The van der Waals surface area contributed by atoms with Gasteiger partial charge < -0.3 is 14.5 Å². The van der Waals surface area contributed by atoms with Crippen LogP contribution < -0.4 is 10.9 Å². The molecule has 7 heteroatoms. The SMILES string of the molecule is O=c1[nH]ncc(NCc2cccc(COCc3ccco3)c2)c1Cl. The number of aromatic amines is 1. The van der Waals surface area contributed by atoms with E-state index < -0.39 is 5.56 Å². The Morgan fingerprint density at radius 3 is 2.92 bits per heavy atom. The van der Waals surface area contributed by atoms with E-state index in [1.165, 1.54) is 6.20 Å². The first-order valence-electron chi connectivity index (χ1n) is 7.37. The second-order valence-corrected chi connectivity index (χ2v) is 5.55. The van der Waals surface area contributed by atoms with Gasteiger partial charge in [-0.05, 0) is 23.3 Å². The van der Waals surface area contributed by atoms with Gasteiger partial charge in [0.25, 0.3) is 5.56 Å². The first kappa shape index (κ1) is 16.3. The molecule has 0 amide bonds. The van der Waals surface area contributed by atoms with E-state index in [2.05, 4.69) is 15.5 Å². The molecule has 0 radical (unpaired) electrons. The van der Waals surface area contributed by atoms with Crippen LogP contribution in [0.15, 0.2) is 58.1 Å². The number of nitrogens with zero attached hydrogens (tertiary/aromatic N) is 1. The van der Waals surface area contributed by atoms with Crippen LogP contribution in [0.2, 0.25) is 5.02 Å². The molecule has 124 valence electrons. The van der Waals surface area contributed by atoms with Crippen LogP contribution in [0, 0.1) is 0 Å². The number of hydrogen-bond acceptors (Lipinski definition) is 5. The summed E-state index contributed by atoms with van der Waals surface area (Å²) in [6.07, 6.45) is 3.11. The lowest BCUT2D eigenvalue weighted by atomic mass is 10.1. The molecule has 24 heavy (non-hydrogen) atoms. The van der Waals surface area contributed by atoms with E-state index in [1.54, 1.807) is 6.26 Å². The summed E-state index contributed by atoms with van der Waals surface area (Å²) in [6, 6.07) is 11.7. The van der Waals surface area contributed by atoms with Gasteiger partial charge in [-0.1, -0.05) is 35.9 Å². The molecule has 0 fully saturated rings. The number of rotatable bonds is 7. The fraction of sp³-hybridized carbons (Fsp3) is 0.176. The van der Waals surface area contributed by atoms with Gasteiger partial charge >= 0.3 is 0 Å². The van der Waals surface area contributed by atoms with E-state index >= 15 is 0 Å². The van der Waals surface area contributed by atoms with Crippen LogP contribution in [0.1, 0.15) is 16.9 Å². The Balaban J connectivity index is 1.56. The van der Waals surface area contributed by atoms with E-state index in [-0.39, 0.29) is 5.02 Å². The zero-order chi connectivity index (χ0) is 16.8. The predicted molar refractivity (Wildman–Crippen MR) is 90.8 cm³/mol. The van der Waals surface area contributed by atoms with Gasteiger partial charge in [0.1, 0.15) is 17.4 Å². The fourth-order valence-corrected chi connectivity index (χ4v) is 2.36. The number of nitrogens with one attached hydrogen (secondary N) is 2. The summed E-state index contributed by atoms with van der Waals surface area (Å²) in [5.41, 5.74) is 2.18. The van der Waals surface area contributed by atoms with Crippen LogP contribution in [-0.2, 0) is 24.5 Å². The molecule has 1 aromatic carbocycles. The van der Waals surface area contributed by atoms with Crippen molar-refractivity contribution < 1.29 is 9.15 Å². The molecule has 0 unspecified atom stereocenters. The molecule has 0 aliphatic carbocycles. The maximum atomic E-state index is 11.4. The number of H-pyrrole nitrogens is 1. The first-order chi connectivity index (χ1) is 11.7. The van der Waals surface area contributed by atoms with Gasteiger partial charge in [0.05, 0.1) is 24.8 Å². The zero-order valence-electron chi connectivity index (χ0n) is 12.8. The lowest BCUT2D eigenvalue weighted by molar-refractivity contribution is 0.0929. The Morgan fingerprint density at radius 1 is 1.21 bits per heavy atom. The lowest BCUT2D eigenvalue weighted by Crippen LogP contribution is -2.11. The Labute approximate surface area is 143 Å². The second kappa shape index (κ2) is 7.81. The highest BCUT2D eigenvalue weighted by molar-refractivity contribution is 6.32.